The van der Waals surface area contributed by atoms with E-state index in [2.05, 4.69) is 57.6 Å². The Hall–Kier alpha value is -0.940. The maximum Gasteiger partial charge on any atom is 0.0354 e. The Balaban J connectivity index is 1.37. The molecule has 4 nitrogen and oxygen atoms in total. The number of hydrogen-bond acceptors (Lipinski definition) is 4. The molecule has 0 amide bonds. The highest BCUT2D eigenvalue weighted by atomic mass is 15.5. The summed E-state index contributed by atoms with van der Waals surface area (Å²) < 4.78 is 0. The molecule has 4 heteroatoms. The van der Waals surface area contributed by atoms with Crippen molar-refractivity contribution in [3.63, 3.8) is 0 Å². The van der Waals surface area contributed by atoms with E-state index in [0.717, 1.165) is 13.1 Å². The van der Waals surface area contributed by atoms with Crippen LogP contribution < -0.4 is 5.43 Å². The Morgan fingerprint density at radius 1 is 1.05 bits per heavy atom. The third kappa shape index (κ3) is 4.51. The molecule has 0 aliphatic carbocycles. The van der Waals surface area contributed by atoms with Gasteiger partial charge in [0.15, 0.2) is 0 Å². The molecule has 1 aromatic rings. The number of likely N-dealkylation sites (tertiary alicyclic amines) is 1. The summed E-state index contributed by atoms with van der Waals surface area (Å²) in [6.07, 6.45) is 2.45. The number of rotatable bonds is 5. The summed E-state index contributed by atoms with van der Waals surface area (Å²) >= 11 is 0. The van der Waals surface area contributed by atoms with E-state index in [9.17, 15) is 0 Å². The van der Waals surface area contributed by atoms with Crippen LogP contribution in [0.3, 0.4) is 0 Å². The van der Waals surface area contributed by atoms with Gasteiger partial charge in [-0.3, -0.25) is 5.43 Å². The third-order valence-electron chi connectivity index (χ3n) is 4.70. The monoisotopic (exact) mass is 288 g/mol. The van der Waals surface area contributed by atoms with Gasteiger partial charge in [-0.05, 0) is 32.0 Å². The standard InChI is InChI=1S/C17H28N4/c1-19-11-13-21(14-12-19)18-17-8-10-20(15-17)9-7-16-5-3-2-4-6-16/h2-6,17-18H,7-15H2,1H3. The topological polar surface area (TPSA) is 21.8 Å². The summed E-state index contributed by atoms with van der Waals surface area (Å²) in [5, 5.41) is 2.42. The van der Waals surface area contributed by atoms with Crippen molar-refractivity contribution < 1.29 is 0 Å². The fourth-order valence-corrected chi connectivity index (χ4v) is 3.27. The Morgan fingerprint density at radius 2 is 1.81 bits per heavy atom. The molecule has 2 saturated heterocycles. The zero-order valence-electron chi connectivity index (χ0n) is 13.2. The predicted octanol–water partition coefficient (Wildman–Crippen LogP) is 1.06. The summed E-state index contributed by atoms with van der Waals surface area (Å²) in [4.78, 5) is 5.00. The van der Waals surface area contributed by atoms with Crippen LogP contribution in [-0.2, 0) is 6.42 Å². The largest absolute Gasteiger partial charge is 0.304 e. The van der Waals surface area contributed by atoms with Crippen LogP contribution in [0.2, 0.25) is 0 Å². The number of likely N-dealkylation sites (N-methyl/N-ethyl adjacent to an activating group) is 1. The molecule has 1 unspecified atom stereocenters. The highest BCUT2D eigenvalue weighted by molar-refractivity contribution is 5.14. The zero-order valence-corrected chi connectivity index (χ0v) is 13.2. The summed E-state index contributed by atoms with van der Waals surface area (Å²) in [6, 6.07) is 11.5. The van der Waals surface area contributed by atoms with Gasteiger partial charge in [-0.15, -0.1) is 0 Å². The van der Waals surface area contributed by atoms with Crippen LogP contribution in [0.4, 0.5) is 0 Å². The van der Waals surface area contributed by atoms with E-state index in [1.807, 2.05) is 0 Å². The third-order valence-corrected chi connectivity index (χ3v) is 4.70. The molecule has 21 heavy (non-hydrogen) atoms. The van der Waals surface area contributed by atoms with E-state index in [4.69, 9.17) is 0 Å². The molecular formula is C17H28N4. The van der Waals surface area contributed by atoms with Crippen molar-refractivity contribution in [1.82, 2.24) is 20.2 Å². The second kappa shape index (κ2) is 7.36. The summed E-state index contributed by atoms with van der Waals surface area (Å²) in [5.41, 5.74) is 5.18. The van der Waals surface area contributed by atoms with Crippen LogP contribution in [0.1, 0.15) is 12.0 Å². The second-order valence-electron chi connectivity index (χ2n) is 6.44. The molecule has 0 radical (unpaired) electrons. The normalized spacial score (nSPS) is 25.5. The molecular weight excluding hydrogens is 260 g/mol. The molecule has 1 aromatic carbocycles. The fraction of sp³-hybridized carbons (Fsp3) is 0.647. The first kappa shape index (κ1) is 15.0. The van der Waals surface area contributed by atoms with Crippen molar-refractivity contribution in [3.8, 4) is 0 Å². The predicted molar refractivity (Wildman–Crippen MR) is 87.2 cm³/mol. The maximum absolute atomic E-state index is 3.73. The lowest BCUT2D eigenvalue weighted by molar-refractivity contribution is 0.0878. The minimum absolute atomic E-state index is 0.643. The Kier molecular flexibility index (Phi) is 5.25. The van der Waals surface area contributed by atoms with Crippen LogP contribution >= 0.6 is 0 Å². The first-order chi connectivity index (χ1) is 10.3. The zero-order chi connectivity index (χ0) is 14.5. The van der Waals surface area contributed by atoms with E-state index in [0.29, 0.717) is 6.04 Å². The van der Waals surface area contributed by atoms with Crippen molar-refractivity contribution in [3.05, 3.63) is 35.9 Å². The molecule has 2 heterocycles. The molecule has 2 aliphatic rings. The number of hydrazine groups is 1. The Bertz CT molecular complexity index is 414. The van der Waals surface area contributed by atoms with Crippen molar-refractivity contribution in [1.29, 1.82) is 0 Å². The second-order valence-corrected chi connectivity index (χ2v) is 6.44. The highest BCUT2D eigenvalue weighted by Gasteiger charge is 2.24. The number of piperazine rings is 1. The smallest absolute Gasteiger partial charge is 0.0354 e. The van der Waals surface area contributed by atoms with Crippen LogP contribution in [0.5, 0.6) is 0 Å². The van der Waals surface area contributed by atoms with Crippen molar-refractivity contribution in [2.45, 2.75) is 18.9 Å². The van der Waals surface area contributed by atoms with Gasteiger partial charge in [-0.25, -0.2) is 5.01 Å². The summed E-state index contributed by atoms with van der Waals surface area (Å²) in [5.74, 6) is 0. The first-order valence-electron chi connectivity index (χ1n) is 8.25. The van der Waals surface area contributed by atoms with E-state index in [1.54, 1.807) is 0 Å². The fourth-order valence-electron chi connectivity index (χ4n) is 3.27. The van der Waals surface area contributed by atoms with E-state index >= 15 is 0 Å². The Labute approximate surface area is 128 Å². The highest BCUT2D eigenvalue weighted by Crippen LogP contribution is 2.11. The van der Waals surface area contributed by atoms with E-state index in [1.165, 1.54) is 51.1 Å². The molecule has 0 bridgehead atoms. The summed E-state index contributed by atoms with van der Waals surface area (Å²) in [7, 11) is 2.21. The van der Waals surface area contributed by atoms with Gasteiger partial charge in [0.05, 0.1) is 0 Å². The van der Waals surface area contributed by atoms with Gasteiger partial charge < -0.3 is 9.80 Å². The van der Waals surface area contributed by atoms with Crippen LogP contribution in [0.25, 0.3) is 0 Å². The van der Waals surface area contributed by atoms with Crippen LogP contribution in [-0.4, -0.2) is 73.7 Å². The average Bonchev–Trinajstić information content (AvgIpc) is 2.96. The van der Waals surface area contributed by atoms with Gasteiger partial charge >= 0.3 is 0 Å². The number of nitrogens with one attached hydrogen (secondary N) is 1. The first-order valence-corrected chi connectivity index (χ1v) is 8.25. The molecule has 0 aromatic heterocycles. The lowest BCUT2D eigenvalue weighted by Gasteiger charge is -2.34. The van der Waals surface area contributed by atoms with Crippen LogP contribution in [0.15, 0.2) is 30.3 Å². The number of benzene rings is 1. The lowest BCUT2D eigenvalue weighted by Crippen LogP contribution is -2.54. The molecule has 1 atom stereocenters. The van der Waals surface area contributed by atoms with Gasteiger partial charge in [0, 0.05) is 45.3 Å². The van der Waals surface area contributed by atoms with Crippen LogP contribution in [0, 0.1) is 0 Å². The molecule has 0 spiro atoms. The van der Waals surface area contributed by atoms with Crippen molar-refractivity contribution in [2.24, 2.45) is 0 Å². The van der Waals surface area contributed by atoms with Gasteiger partial charge in [0.2, 0.25) is 0 Å². The van der Waals surface area contributed by atoms with E-state index < -0.39 is 0 Å². The van der Waals surface area contributed by atoms with Crippen molar-refractivity contribution >= 4 is 0 Å². The molecule has 1 N–H and O–H groups in total. The lowest BCUT2D eigenvalue weighted by atomic mass is 10.1. The molecule has 116 valence electrons. The minimum Gasteiger partial charge on any atom is -0.304 e. The van der Waals surface area contributed by atoms with Crippen molar-refractivity contribution in [2.75, 3.05) is 52.9 Å². The summed E-state index contributed by atoms with van der Waals surface area (Å²) in [6.45, 7) is 8.27. The van der Waals surface area contributed by atoms with Gasteiger partial charge in [0.1, 0.15) is 0 Å². The molecule has 2 fully saturated rings. The van der Waals surface area contributed by atoms with Gasteiger partial charge in [0.25, 0.3) is 0 Å². The number of nitrogens with zero attached hydrogens (tertiary/aromatic N) is 3. The van der Waals surface area contributed by atoms with Gasteiger partial charge in [-0.1, -0.05) is 30.3 Å². The average molecular weight is 288 g/mol. The minimum atomic E-state index is 0.643. The maximum atomic E-state index is 3.73. The molecule has 2 aliphatic heterocycles. The Morgan fingerprint density at radius 3 is 2.57 bits per heavy atom. The van der Waals surface area contributed by atoms with Gasteiger partial charge in [-0.2, -0.15) is 0 Å². The molecule has 0 saturated carbocycles. The van der Waals surface area contributed by atoms with E-state index in [-0.39, 0.29) is 0 Å². The SMILES string of the molecule is CN1CCN(NC2CCN(CCc3ccccc3)C2)CC1. The quantitative estimate of drug-likeness (QED) is 0.874. The molecule has 3 rings (SSSR count). The number of hydrogen-bond donors (Lipinski definition) is 1.